The van der Waals surface area contributed by atoms with Crippen molar-refractivity contribution in [3.05, 3.63) is 24.3 Å². The number of ether oxygens (including phenoxy) is 1. The smallest absolute Gasteiger partial charge is 0.305 e. The van der Waals surface area contributed by atoms with Crippen molar-refractivity contribution in [2.45, 2.75) is 514 Å². The molecule has 0 saturated carbocycles. The summed E-state index contributed by atoms with van der Waals surface area (Å²) < 4.78 is 5.53. The quantitative estimate of drug-likeness (QED) is 0.0320. The van der Waals surface area contributed by atoms with E-state index in [-0.39, 0.29) is 18.5 Å². The molecule has 0 radical (unpaired) electrons. The zero-order chi connectivity index (χ0) is 67.7. The van der Waals surface area contributed by atoms with Gasteiger partial charge in [-0.25, -0.2) is 0 Å². The van der Waals surface area contributed by atoms with E-state index in [9.17, 15) is 19.8 Å². The van der Waals surface area contributed by atoms with Gasteiger partial charge in [-0.05, 0) is 57.8 Å². The molecular formula is C88H171NO5. The molecule has 558 valence electrons. The topological polar surface area (TPSA) is 95.9 Å². The summed E-state index contributed by atoms with van der Waals surface area (Å²) in [5, 5.41) is 23.3. The predicted molar refractivity (Wildman–Crippen MR) is 417 cm³/mol. The minimum Gasteiger partial charge on any atom is -0.466 e. The van der Waals surface area contributed by atoms with Crippen LogP contribution in [0.1, 0.15) is 502 Å². The minimum atomic E-state index is -0.843. The van der Waals surface area contributed by atoms with E-state index in [1.165, 1.54) is 437 Å². The van der Waals surface area contributed by atoms with Crippen LogP contribution in [0.5, 0.6) is 0 Å². The van der Waals surface area contributed by atoms with Crippen molar-refractivity contribution in [2.75, 3.05) is 13.2 Å². The number of rotatable bonds is 83. The van der Waals surface area contributed by atoms with Gasteiger partial charge in [0.25, 0.3) is 0 Å². The van der Waals surface area contributed by atoms with Gasteiger partial charge < -0.3 is 20.3 Å². The van der Waals surface area contributed by atoms with Crippen molar-refractivity contribution in [3.8, 4) is 0 Å². The highest BCUT2D eigenvalue weighted by atomic mass is 16.5. The third-order valence-electron chi connectivity index (χ3n) is 20.7. The maximum atomic E-state index is 12.6. The van der Waals surface area contributed by atoms with Gasteiger partial charge in [0.1, 0.15) is 0 Å². The lowest BCUT2D eigenvalue weighted by Gasteiger charge is -2.20. The van der Waals surface area contributed by atoms with E-state index in [1.54, 1.807) is 6.08 Å². The fourth-order valence-corrected chi connectivity index (χ4v) is 14.1. The molecule has 0 aliphatic carbocycles. The number of carbonyl (C=O) groups is 2. The fraction of sp³-hybridized carbons (Fsp3) is 0.932. The lowest BCUT2D eigenvalue weighted by molar-refractivity contribution is -0.143. The van der Waals surface area contributed by atoms with E-state index in [0.29, 0.717) is 19.4 Å². The lowest BCUT2D eigenvalue weighted by Crippen LogP contribution is -2.45. The van der Waals surface area contributed by atoms with Gasteiger partial charge in [-0.15, -0.1) is 0 Å². The summed E-state index contributed by atoms with van der Waals surface area (Å²) in [5.74, 6) is -0.0314. The van der Waals surface area contributed by atoms with Gasteiger partial charge in [-0.1, -0.05) is 456 Å². The third-order valence-corrected chi connectivity index (χ3v) is 20.7. The highest BCUT2D eigenvalue weighted by molar-refractivity contribution is 5.76. The zero-order valence-electron chi connectivity index (χ0n) is 64.2. The number of nitrogens with one attached hydrogen (secondary N) is 1. The summed E-state index contributed by atoms with van der Waals surface area (Å²) in [6.45, 7) is 4.97. The van der Waals surface area contributed by atoms with Crippen molar-refractivity contribution in [2.24, 2.45) is 0 Å². The maximum Gasteiger partial charge on any atom is 0.305 e. The highest BCUT2D eigenvalue weighted by Crippen LogP contribution is 2.21. The Hall–Kier alpha value is -1.66. The second-order valence-electron chi connectivity index (χ2n) is 30.2. The molecule has 1 amide bonds. The molecule has 0 spiro atoms. The molecule has 6 nitrogen and oxygen atoms in total. The molecule has 0 heterocycles. The molecule has 0 rings (SSSR count). The first kappa shape index (κ1) is 92.3. The Labute approximate surface area is 590 Å². The lowest BCUT2D eigenvalue weighted by atomic mass is 10.0. The third kappa shape index (κ3) is 79.3. The van der Waals surface area contributed by atoms with Crippen LogP contribution in [0.4, 0.5) is 0 Å². The maximum absolute atomic E-state index is 12.6. The van der Waals surface area contributed by atoms with E-state index in [1.807, 2.05) is 6.08 Å². The molecule has 0 fully saturated rings. The molecule has 0 saturated heterocycles. The van der Waals surface area contributed by atoms with Gasteiger partial charge in [-0.3, -0.25) is 9.59 Å². The Morgan fingerprint density at radius 1 is 0.287 bits per heavy atom. The van der Waals surface area contributed by atoms with E-state index in [2.05, 4.69) is 31.3 Å². The van der Waals surface area contributed by atoms with Crippen LogP contribution in [0, 0.1) is 0 Å². The van der Waals surface area contributed by atoms with E-state index < -0.39 is 12.1 Å². The average molecular weight is 1320 g/mol. The molecule has 0 aromatic carbocycles. The van der Waals surface area contributed by atoms with E-state index in [0.717, 1.165) is 38.5 Å². The largest absolute Gasteiger partial charge is 0.466 e. The first-order valence-electron chi connectivity index (χ1n) is 43.6. The summed E-state index contributed by atoms with van der Waals surface area (Å²) >= 11 is 0. The highest BCUT2D eigenvalue weighted by Gasteiger charge is 2.18. The summed E-state index contributed by atoms with van der Waals surface area (Å²) in [5.41, 5.74) is 0. The van der Waals surface area contributed by atoms with Crippen molar-refractivity contribution in [3.63, 3.8) is 0 Å². The second-order valence-corrected chi connectivity index (χ2v) is 30.2. The van der Waals surface area contributed by atoms with Crippen LogP contribution >= 0.6 is 0 Å². The standard InChI is InChI=1S/C88H171NO5/c1-3-5-7-9-11-13-15-17-19-21-23-41-45-48-52-56-60-64-68-72-76-80-86(91)85(84-90)89-87(92)81-77-73-69-65-61-57-53-49-46-42-39-37-35-33-31-29-27-25-24-26-28-30-32-34-36-38-40-43-47-51-55-59-63-67-71-75-79-83-94-88(93)82-78-74-70-66-62-58-54-50-44-22-20-18-16-14-12-10-8-6-4-2/h24,26,76,80,85-86,90-91H,3-23,25,27-75,77-79,81-84H2,1-2H3,(H,89,92)/b26-24-,80-76+. The number of amides is 1. The molecule has 0 aliphatic heterocycles. The van der Waals surface area contributed by atoms with Gasteiger partial charge in [0.2, 0.25) is 5.91 Å². The minimum absolute atomic E-state index is 0.0273. The summed E-state index contributed by atoms with van der Waals surface area (Å²) in [6, 6.07) is -0.626. The Morgan fingerprint density at radius 3 is 0.755 bits per heavy atom. The van der Waals surface area contributed by atoms with Crippen LogP contribution < -0.4 is 5.32 Å². The van der Waals surface area contributed by atoms with Crippen molar-refractivity contribution >= 4 is 11.9 Å². The van der Waals surface area contributed by atoms with Crippen molar-refractivity contribution in [1.29, 1.82) is 0 Å². The number of carbonyl (C=O) groups excluding carboxylic acids is 2. The van der Waals surface area contributed by atoms with Gasteiger partial charge in [0.15, 0.2) is 0 Å². The molecule has 2 atom stereocenters. The van der Waals surface area contributed by atoms with Gasteiger partial charge in [0.05, 0.1) is 25.4 Å². The van der Waals surface area contributed by atoms with Gasteiger partial charge in [0, 0.05) is 12.8 Å². The van der Waals surface area contributed by atoms with Crippen LogP contribution in [0.15, 0.2) is 24.3 Å². The van der Waals surface area contributed by atoms with E-state index in [4.69, 9.17) is 4.74 Å². The summed E-state index contributed by atoms with van der Waals surface area (Å²) in [6.07, 6.45) is 109. The zero-order valence-corrected chi connectivity index (χ0v) is 64.2. The number of hydrogen-bond acceptors (Lipinski definition) is 5. The molecular weight excluding hydrogens is 1150 g/mol. The Morgan fingerprint density at radius 2 is 0.500 bits per heavy atom. The fourth-order valence-electron chi connectivity index (χ4n) is 14.1. The summed E-state index contributed by atoms with van der Waals surface area (Å²) in [4.78, 5) is 24.7. The Bertz CT molecular complexity index is 1480. The number of hydrogen-bond donors (Lipinski definition) is 3. The Kier molecular flexibility index (Phi) is 82.3. The van der Waals surface area contributed by atoms with Gasteiger partial charge >= 0.3 is 5.97 Å². The second kappa shape index (κ2) is 83.8. The van der Waals surface area contributed by atoms with Crippen molar-refractivity contribution < 1.29 is 24.5 Å². The average Bonchev–Trinajstić information content (AvgIpc) is 3.64. The van der Waals surface area contributed by atoms with E-state index >= 15 is 0 Å². The summed E-state index contributed by atoms with van der Waals surface area (Å²) in [7, 11) is 0. The molecule has 0 aromatic heterocycles. The van der Waals surface area contributed by atoms with Crippen molar-refractivity contribution in [1.82, 2.24) is 5.32 Å². The monoisotopic (exact) mass is 1320 g/mol. The Balaban J connectivity index is 3.33. The van der Waals surface area contributed by atoms with Crippen LogP contribution in [-0.2, 0) is 14.3 Å². The number of allylic oxidation sites excluding steroid dienone is 3. The molecule has 2 unspecified atom stereocenters. The van der Waals surface area contributed by atoms with Crippen LogP contribution in [0.2, 0.25) is 0 Å². The normalized spacial score (nSPS) is 12.5. The first-order chi connectivity index (χ1) is 46.5. The number of esters is 1. The number of aliphatic hydroxyl groups excluding tert-OH is 2. The van der Waals surface area contributed by atoms with Crippen LogP contribution in [-0.4, -0.2) is 47.4 Å². The molecule has 94 heavy (non-hydrogen) atoms. The van der Waals surface area contributed by atoms with Gasteiger partial charge in [-0.2, -0.15) is 0 Å². The number of unbranched alkanes of at least 4 members (excludes halogenated alkanes) is 70. The van der Waals surface area contributed by atoms with Crippen LogP contribution in [0.25, 0.3) is 0 Å². The molecule has 0 aromatic rings. The first-order valence-corrected chi connectivity index (χ1v) is 43.6. The van der Waals surface area contributed by atoms with Crippen LogP contribution in [0.3, 0.4) is 0 Å². The molecule has 6 heteroatoms. The molecule has 0 aliphatic rings. The molecule has 3 N–H and O–H groups in total. The predicted octanol–water partition coefficient (Wildman–Crippen LogP) is 29.2. The molecule has 0 bridgehead atoms. The SMILES string of the molecule is CCCCCCCCCCCCCCCCCCCCC/C=C/C(O)C(CO)NC(=O)CCCCCCCCCCCCCCCCCCC/C=C\CCCCCCCCCCCCCCCCCCOC(=O)CCCCCCCCCCCCCCCCCCCCC. The number of aliphatic hydroxyl groups is 2.